The van der Waals surface area contributed by atoms with E-state index in [-0.39, 0.29) is 10.7 Å². The van der Waals surface area contributed by atoms with Gasteiger partial charge in [-0.2, -0.15) is 4.99 Å². The minimum absolute atomic E-state index is 0.0647. The fourth-order valence-electron chi connectivity index (χ4n) is 1.62. The summed E-state index contributed by atoms with van der Waals surface area (Å²) in [4.78, 5) is 24.0. The molecular formula is C10H7ClN2O3. The average molecular weight is 239 g/mol. The van der Waals surface area contributed by atoms with Crippen molar-refractivity contribution in [1.29, 1.82) is 0 Å². The second-order valence-corrected chi connectivity index (χ2v) is 4.07. The smallest absolute Gasteiger partial charge is 0.258 e. The molecule has 0 N–H and O–H groups in total. The van der Waals surface area contributed by atoms with Gasteiger partial charge in [0.05, 0.1) is 10.5 Å². The van der Waals surface area contributed by atoms with Crippen LogP contribution in [0.4, 0.5) is 5.69 Å². The predicted molar refractivity (Wildman–Crippen MR) is 57.1 cm³/mol. The van der Waals surface area contributed by atoms with Crippen molar-refractivity contribution >= 4 is 23.4 Å². The molecule has 0 amide bonds. The van der Waals surface area contributed by atoms with Crippen molar-refractivity contribution in [3.05, 3.63) is 38.9 Å². The molecule has 16 heavy (non-hydrogen) atoms. The maximum atomic E-state index is 10.6. The molecular weight excluding hydrogens is 232 g/mol. The topological polar surface area (TPSA) is 72.6 Å². The Kier molecular flexibility index (Phi) is 2.50. The lowest BCUT2D eigenvalue weighted by Gasteiger charge is -2.07. The van der Waals surface area contributed by atoms with E-state index >= 15 is 0 Å². The zero-order valence-electron chi connectivity index (χ0n) is 8.14. The van der Waals surface area contributed by atoms with Crippen LogP contribution in [-0.2, 0) is 10.3 Å². The third kappa shape index (κ3) is 1.71. The molecule has 2 rings (SSSR count). The number of hydrogen-bond acceptors (Lipinski definition) is 4. The minimum atomic E-state index is -0.547. The SMILES string of the molecule is O=C=NC1(c2ccc([N+](=O)[O-])c(Cl)c2)CC1. The van der Waals surface area contributed by atoms with E-state index in [1.165, 1.54) is 18.2 Å². The standard InChI is InChI=1S/C10H7ClN2O3/c11-8-5-7(1-2-9(8)13(15)16)10(3-4-10)12-6-14/h1-2,5H,3-4H2. The van der Waals surface area contributed by atoms with E-state index in [0.29, 0.717) is 0 Å². The van der Waals surface area contributed by atoms with Crippen LogP contribution in [0, 0.1) is 10.1 Å². The number of carbonyl (C=O) groups excluding carboxylic acids is 1. The summed E-state index contributed by atoms with van der Waals surface area (Å²) in [5.74, 6) is 0. The number of halogens is 1. The average Bonchev–Trinajstić information content (AvgIpc) is 2.99. The second kappa shape index (κ2) is 3.70. The monoisotopic (exact) mass is 238 g/mol. The predicted octanol–water partition coefficient (Wildman–Crippen LogP) is 2.57. The van der Waals surface area contributed by atoms with E-state index in [0.717, 1.165) is 18.4 Å². The van der Waals surface area contributed by atoms with Crippen molar-refractivity contribution < 1.29 is 9.72 Å². The summed E-state index contributed by atoms with van der Waals surface area (Å²) < 4.78 is 0. The minimum Gasteiger partial charge on any atom is -0.258 e. The van der Waals surface area contributed by atoms with Crippen molar-refractivity contribution in [2.45, 2.75) is 18.4 Å². The molecule has 0 heterocycles. The Hall–Kier alpha value is -1.71. The Labute approximate surface area is 95.9 Å². The summed E-state index contributed by atoms with van der Waals surface area (Å²) in [5, 5.41) is 10.6. The van der Waals surface area contributed by atoms with Gasteiger partial charge in [-0.15, -0.1) is 0 Å². The van der Waals surface area contributed by atoms with Gasteiger partial charge in [-0.1, -0.05) is 11.6 Å². The zero-order valence-corrected chi connectivity index (χ0v) is 8.90. The molecule has 0 atom stereocenters. The van der Waals surface area contributed by atoms with Gasteiger partial charge in [0, 0.05) is 6.07 Å². The first-order valence-corrected chi connectivity index (χ1v) is 5.00. The Balaban J connectivity index is 2.42. The van der Waals surface area contributed by atoms with E-state index in [1.807, 2.05) is 0 Å². The van der Waals surface area contributed by atoms with Crippen LogP contribution in [0.25, 0.3) is 0 Å². The highest BCUT2D eigenvalue weighted by molar-refractivity contribution is 6.32. The molecule has 0 spiro atoms. The van der Waals surface area contributed by atoms with E-state index in [2.05, 4.69) is 4.99 Å². The number of hydrogen-bond donors (Lipinski definition) is 0. The molecule has 0 aliphatic heterocycles. The van der Waals surface area contributed by atoms with Crippen LogP contribution in [-0.4, -0.2) is 11.0 Å². The van der Waals surface area contributed by atoms with E-state index in [4.69, 9.17) is 11.6 Å². The van der Waals surface area contributed by atoms with Gasteiger partial charge < -0.3 is 0 Å². The zero-order chi connectivity index (χ0) is 11.8. The van der Waals surface area contributed by atoms with E-state index < -0.39 is 10.5 Å². The molecule has 6 heteroatoms. The molecule has 1 aliphatic rings. The summed E-state index contributed by atoms with van der Waals surface area (Å²) in [6.07, 6.45) is 3.02. The number of benzene rings is 1. The first kappa shape index (κ1) is 10.8. The maximum absolute atomic E-state index is 10.6. The number of rotatable bonds is 3. The fraction of sp³-hybridized carbons (Fsp3) is 0.300. The summed E-state index contributed by atoms with van der Waals surface area (Å²) in [6.45, 7) is 0. The normalized spacial score (nSPS) is 16.3. The van der Waals surface area contributed by atoms with Crippen LogP contribution >= 0.6 is 11.6 Å². The Morgan fingerprint density at radius 1 is 1.50 bits per heavy atom. The number of aliphatic imine (C=N–C) groups is 1. The number of isocyanates is 1. The lowest BCUT2D eigenvalue weighted by molar-refractivity contribution is -0.384. The van der Waals surface area contributed by atoms with Crippen molar-refractivity contribution in [3.63, 3.8) is 0 Å². The van der Waals surface area contributed by atoms with Gasteiger partial charge in [-0.25, -0.2) is 4.79 Å². The molecule has 0 unspecified atom stereocenters. The van der Waals surface area contributed by atoms with E-state index in [1.54, 1.807) is 6.07 Å². The summed E-state index contributed by atoms with van der Waals surface area (Å²) in [7, 11) is 0. The van der Waals surface area contributed by atoms with Crippen molar-refractivity contribution in [3.8, 4) is 0 Å². The molecule has 0 saturated heterocycles. The van der Waals surface area contributed by atoms with Crippen LogP contribution in [0.15, 0.2) is 23.2 Å². The molecule has 1 aromatic rings. The van der Waals surface area contributed by atoms with Gasteiger partial charge in [-0.05, 0) is 30.5 Å². The highest BCUT2D eigenvalue weighted by Gasteiger charge is 2.45. The summed E-state index contributed by atoms with van der Waals surface area (Å²) in [6, 6.07) is 4.41. The van der Waals surface area contributed by atoms with Crippen molar-refractivity contribution in [1.82, 2.24) is 0 Å². The Bertz CT molecular complexity index is 505. The number of nitrogens with zero attached hydrogens (tertiary/aromatic N) is 2. The maximum Gasteiger partial charge on any atom is 0.287 e. The van der Waals surface area contributed by atoms with Gasteiger partial charge in [0.25, 0.3) is 5.69 Å². The van der Waals surface area contributed by atoms with Crippen LogP contribution in [0.3, 0.4) is 0 Å². The largest absolute Gasteiger partial charge is 0.287 e. The van der Waals surface area contributed by atoms with Crippen molar-refractivity contribution in [2.75, 3.05) is 0 Å². The third-order valence-electron chi connectivity index (χ3n) is 2.66. The quantitative estimate of drug-likeness (QED) is 0.352. The van der Waals surface area contributed by atoms with Gasteiger partial charge in [0.2, 0.25) is 6.08 Å². The first-order valence-electron chi connectivity index (χ1n) is 4.62. The van der Waals surface area contributed by atoms with Gasteiger partial charge in [0.15, 0.2) is 0 Å². The highest BCUT2D eigenvalue weighted by atomic mass is 35.5. The third-order valence-corrected chi connectivity index (χ3v) is 2.97. The molecule has 0 aromatic heterocycles. The summed E-state index contributed by atoms with van der Waals surface area (Å²) in [5.41, 5.74) is 0.0447. The second-order valence-electron chi connectivity index (χ2n) is 3.66. The fourth-order valence-corrected chi connectivity index (χ4v) is 1.86. The first-order chi connectivity index (χ1) is 7.59. The van der Waals surface area contributed by atoms with E-state index in [9.17, 15) is 14.9 Å². The molecule has 0 radical (unpaired) electrons. The molecule has 82 valence electrons. The van der Waals surface area contributed by atoms with Gasteiger partial charge >= 0.3 is 0 Å². The number of nitro benzene ring substituents is 1. The Morgan fingerprint density at radius 3 is 2.62 bits per heavy atom. The highest BCUT2D eigenvalue weighted by Crippen LogP contribution is 2.50. The lowest BCUT2D eigenvalue weighted by atomic mass is 10.1. The van der Waals surface area contributed by atoms with Crippen molar-refractivity contribution in [2.24, 2.45) is 4.99 Å². The summed E-state index contributed by atoms with van der Waals surface area (Å²) >= 11 is 5.78. The molecule has 1 fully saturated rings. The molecule has 5 nitrogen and oxygen atoms in total. The number of nitro groups is 1. The lowest BCUT2D eigenvalue weighted by Crippen LogP contribution is -2.02. The van der Waals surface area contributed by atoms with Gasteiger partial charge in [-0.3, -0.25) is 10.1 Å². The van der Waals surface area contributed by atoms with Crippen LogP contribution in [0.1, 0.15) is 18.4 Å². The molecule has 1 aromatic carbocycles. The molecule has 1 saturated carbocycles. The van der Waals surface area contributed by atoms with Gasteiger partial charge in [0.1, 0.15) is 5.02 Å². The van der Waals surface area contributed by atoms with Crippen LogP contribution in [0.2, 0.25) is 5.02 Å². The Morgan fingerprint density at radius 2 is 2.19 bits per heavy atom. The van der Waals surface area contributed by atoms with Crippen LogP contribution in [0.5, 0.6) is 0 Å². The molecule has 0 bridgehead atoms. The van der Waals surface area contributed by atoms with Crippen LogP contribution < -0.4 is 0 Å². The molecule has 1 aliphatic carbocycles.